The predicted molar refractivity (Wildman–Crippen MR) is 52.5 cm³/mol. The van der Waals surface area contributed by atoms with Gasteiger partial charge in [0.25, 0.3) is 0 Å². The van der Waals surface area contributed by atoms with E-state index in [4.69, 9.17) is 5.11 Å². The van der Waals surface area contributed by atoms with Gasteiger partial charge < -0.3 is 9.90 Å². The van der Waals surface area contributed by atoms with Gasteiger partial charge in [-0.15, -0.1) is 0 Å². The topological polar surface area (TPSA) is 54.4 Å². The Hall–Kier alpha value is -1.64. The molecule has 0 aliphatic heterocycles. The van der Waals surface area contributed by atoms with Crippen LogP contribution in [-0.4, -0.2) is 17.4 Å². The molecule has 0 saturated carbocycles. The number of carbonyl (C=O) groups is 2. The summed E-state index contributed by atoms with van der Waals surface area (Å²) in [5.74, 6) is -0.958. The van der Waals surface area contributed by atoms with Gasteiger partial charge in [0.1, 0.15) is 6.29 Å². The van der Waals surface area contributed by atoms with Crippen LogP contribution >= 0.6 is 0 Å². The average Bonchev–Trinajstić information content (AvgIpc) is 2.18. The van der Waals surface area contributed by atoms with Crippen LogP contribution in [0.3, 0.4) is 0 Å². The third-order valence-corrected chi connectivity index (χ3v) is 2.17. The number of carboxylic acids is 1. The summed E-state index contributed by atoms with van der Waals surface area (Å²) >= 11 is 0. The van der Waals surface area contributed by atoms with Crippen molar-refractivity contribution in [3.63, 3.8) is 0 Å². The van der Waals surface area contributed by atoms with E-state index < -0.39 is 11.4 Å². The highest BCUT2D eigenvalue weighted by molar-refractivity contribution is 5.87. The Morgan fingerprint density at radius 2 is 1.79 bits per heavy atom. The summed E-state index contributed by atoms with van der Waals surface area (Å²) in [5, 5.41) is 8.67. The molecule has 0 amide bonds. The maximum atomic E-state index is 10.7. The molecule has 0 fully saturated rings. The van der Waals surface area contributed by atoms with Crippen molar-refractivity contribution in [1.29, 1.82) is 0 Å². The molecule has 1 N–H and O–H groups in total. The molecule has 1 aromatic rings. The Labute approximate surface area is 82.4 Å². The Morgan fingerprint density at radius 3 is 2.14 bits per heavy atom. The highest BCUT2D eigenvalue weighted by Crippen LogP contribution is 2.20. The first-order valence-corrected chi connectivity index (χ1v) is 4.27. The maximum absolute atomic E-state index is 10.7. The van der Waals surface area contributed by atoms with Gasteiger partial charge in [0.05, 0.1) is 5.56 Å². The van der Waals surface area contributed by atoms with E-state index in [-0.39, 0.29) is 5.56 Å². The van der Waals surface area contributed by atoms with Gasteiger partial charge >= 0.3 is 5.97 Å². The molecule has 0 radical (unpaired) electrons. The Kier molecular flexibility index (Phi) is 2.70. The second kappa shape index (κ2) is 3.62. The fourth-order valence-electron chi connectivity index (χ4n) is 1.11. The van der Waals surface area contributed by atoms with E-state index >= 15 is 0 Å². The summed E-state index contributed by atoms with van der Waals surface area (Å²) in [6.45, 7) is 3.57. The summed E-state index contributed by atoms with van der Waals surface area (Å²) in [6, 6.07) is 6.33. The van der Waals surface area contributed by atoms with Gasteiger partial charge in [-0.25, -0.2) is 4.79 Å². The molecule has 1 aromatic carbocycles. The van der Waals surface area contributed by atoms with Crippen LogP contribution < -0.4 is 0 Å². The lowest BCUT2D eigenvalue weighted by Gasteiger charge is -2.16. The second-order valence-electron chi connectivity index (χ2n) is 3.72. The van der Waals surface area contributed by atoms with Crippen LogP contribution in [0.2, 0.25) is 0 Å². The molecule has 0 heterocycles. The lowest BCUT2D eigenvalue weighted by Crippen LogP contribution is -2.18. The molecule has 0 aliphatic rings. The zero-order valence-electron chi connectivity index (χ0n) is 8.15. The van der Waals surface area contributed by atoms with Crippen molar-refractivity contribution in [2.75, 3.05) is 0 Å². The maximum Gasteiger partial charge on any atom is 0.335 e. The quantitative estimate of drug-likeness (QED) is 0.743. The summed E-state index contributed by atoms with van der Waals surface area (Å²) in [4.78, 5) is 21.3. The summed E-state index contributed by atoms with van der Waals surface area (Å²) in [6.07, 6.45) is 0.850. The third-order valence-electron chi connectivity index (χ3n) is 2.17. The van der Waals surface area contributed by atoms with E-state index in [1.807, 2.05) is 0 Å². The average molecular weight is 192 g/mol. The van der Waals surface area contributed by atoms with Gasteiger partial charge in [0.15, 0.2) is 0 Å². The number of rotatable bonds is 3. The molecule has 0 aliphatic carbocycles. The summed E-state index contributed by atoms with van der Waals surface area (Å²) in [7, 11) is 0. The van der Waals surface area contributed by atoms with Crippen molar-refractivity contribution < 1.29 is 14.7 Å². The first-order chi connectivity index (χ1) is 6.47. The van der Waals surface area contributed by atoms with Gasteiger partial charge in [0.2, 0.25) is 0 Å². The van der Waals surface area contributed by atoms with Crippen molar-refractivity contribution in [2.45, 2.75) is 19.3 Å². The van der Waals surface area contributed by atoms with Crippen molar-refractivity contribution in [3.8, 4) is 0 Å². The molecular formula is C11H12O3. The number of benzene rings is 1. The number of aromatic carboxylic acids is 1. The molecule has 74 valence electrons. The molecule has 0 saturated heterocycles. The first kappa shape index (κ1) is 10.4. The van der Waals surface area contributed by atoms with Crippen molar-refractivity contribution in [1.82, 2.24) is 0 Å². The SMILES string of the molecule is CC(C)(C=O)c1ccc(C(=O)O)cc1. The predicted octanol–water partition coefficient (Wildman–Crippen LogP) is 1.86. The Balaban J connectivity index is 3.05. The standard InChI is InChI=1S/C11H12O3/c1-11(2,7-12)9-5-3-8(4-6-9)10(13)14/h3-7H,1-2H3,(H,13,14). The molecule has 0 bridgehead atoms. The number of hydrogen-bond acceptors (Lipinski definition) is 2. The highest BCUT2D eigenvalue weighted by Gasteiger charge is 2.19. The molecule has 3 heteroatoms. The Bertz CT molecular complexity index is 349. The lowest BCUT2D eigenvalue weighted by molar-refractivity contribution is -0.111. The largest absolute Gasteiger partial charge is 0.478 e. The first-order valence-electron chi connectivity index (χ1n) is 4.27. The molecule has 0 unspecified atom stereocenters. The fourth-order valence-corrected chi connectivity index (χ4v) is 1.11. The van der Waals surface area contributed by atoms with E-state index in [2.05, 4.69) is 0 Å². The molecular weight excluding hydrogens is 180 g/mol. The normalized spacial score (nSPS) is 11.0. The molecule has 0 atom stereocenters. The second-order valence-corrected chi connectivity index (χ2v) is 3.72. The van der Waals surface area contributed by atoms with Crippen LogP contribution in [0.1, 0.15) is 29.8 Å². The minimum atomic E-state index is -0.958. The van der Waals surface area contributed by atoms with Crippen LogP contribution in [0.4, 0.5) is 0 Å². The van der Waals surface area contributed by atoms with E-state index in [0.717, 1.165) is 11.8 Å². The highest BCUT2D eigenvalue weighted by atomic mass is 16.4. The van der Waals surface area contributed by atoms with Crippen LogP contribution in [0, 0.1) is 0 Å². The monoisotopic (exact) mass is 192 g/mol. The van der Waals surface area contributed by atoms with E-state index in [0.29, 0.717) is 0 Å². The molecule has 0 aromatic heterocycles. The van der Waals surface area contributed by atoms with Crippen LogP contribution in [-0.2, 0) is 10.2 Å². The third kappa shape index (κ3) is 1.99. The molecule has 0 spiro atoms. The van der Waals surface area contributed by atoms with Gasteiger partial charge in [0, 0.05) is 5.41 Å². The minimum Gasteiger partial charge on any atom is -0.478 e. The van der Waals surface area contributed by atoms with E-state index in [1.54, 1.807) is 26.0 Å². The summed E-state index contributed by atoms with van der Waals surface area (Å²) < 4.78 is 0. The van der Waals surface area contributed by atoms with Crippen molar-refractivity contribution in [2.24, 2.45) is 0 Å². The number of hydrogen-bond donors (Lipinski definition) is 1. The minimum absolute atomic E-state index is 0.232. The zero-order chi connectivity index (χ0) is 10.8. The van der Waals surface area contributed by atoms with Gasteiger partial charge in [-0.1, -0.05) is 12.1 Å². The zero-order valence-corrected chi connectivity index (χ0v) is 8.15. The number of aldehydes is 1. The number of carbonyl (C=O) groups excluding carboxylic acids is 1. The van der Waals surface area contributed by atoms with Crippen molar-refractivity contribution in [3.05, 3.63) is 35.4 Å². The van der Waals surface area contributed by atoms with Gasteiger partial charge in [-0.3, -0.25) is 0 Å². The van der Waals surface area contributed by atoms with E-state index in [9.17, 15) is 9.59 Å². The van der Waals surface area contributed by atoms with Crippen LogP contribution in [0.15, 0.2) is 24.3 Å². The molecule has 1 rings (SSSR count). The molecule has 3 nitrogen and oxygen atoms in total. The van der Waals surface area contributed by atoms with Crippen LogP contribution in [0.5, 0.6) is 0 Å². The fraction of sp³-hybridized carbons (Fsp3) is 0.273. The smallest absolute Gasteiger partial charge is 0.335 e. The lowest BCUT2D eigenvalue weighted by atomic mass is 9.86. The number of carboxylic acid groups (broad SMARTS) is 1. The van der Waals surface area contributed by atoms with Crippen molar-refractivity contribution >= 4 is 12.3 Å². The summed E-state index contributed by atoms with van der Waals surface area (Å²) in [5.41, 5.74) is 0.491. The molecule has 14 heavy (non-hydrogen) atoms. The van der Waals surface area contributed by atoms with Gasteiger partial charge in [-0.2, -0.15) is 0 Å². The van der Waals surface area contributed by atoms with Crippen LogP contribution in [0.25, 0.3) is 0 Å². The van der Waals surface area contributed by atoms with E-state index in [1.165, 1.54) is 12.1 Å². The van der Waals surface area contributed by atoms with Gasteiger partial charge in [-0.05, 0) is 31.5 Å². The Morgan fingerprint density at radius 1 is 1.29 bits per heavy atom.